The number of nitrogens with zero attached hydrogens (tertiary/aromatic N) is 2. The maximum absolute atomic E-state index is 6.16. The van der Waals surface area contributed by atoms with Crippen LogP contribution in [0, 0.1) is 12.8 Å². The van der Waals surface area contributed by atoms with E-state index in [1.807, 2.05) is 6.07 Å². The van der Waals surface area contributed by atoms with Crippen LogP contribution in [-0.4, -0.2) is 30.5 Å². The number of likely N-dealkylation sites (tertiary alicyclic amines) is 1. The van der Waals surface area contributed by atoms with E-state index < -0.39 is 0 Å². The number of hydrogen-bond donors (Lipinski definition) is 3. The van der Waals surface area contributed by atoms with Gasteiger partial charge in [0.15, 0.2) is 5.96 Å². The molecular weight excluding hydrogens is 298 g/mol. The number of rotatable bonds is 2. The van der Waals surface area contributed by atoms with Gasteiger partial charge in [0.1, 0.15) is 0 Å². The van der Waals surface area contributed by atoms with Crippen molar-refractivity contribution in [3.05, 3.63) is 23.3 Å². The molecule has 0 aromatic heterocycles. The lowest BCUT2D eigenvalue weighted by Crippen LogP contribution is -2.55. The Morgan fingerprint density at radius 1 is 1.25 bits per heavy atom. The van der Waals surface area contributed by atoms with Crippen LogP contribution in [0.1, 0.15) is 50.2 Å². The molecule has 1 aromatic carbocycles. The quantitative estimate of drug-likeness (QED) is 0.442. The van der Waals surface area contributed by atoms with E-state index in [1.165, 1.54) is 43.2 Å². The molecule has 6 N–H and O–H groups in total. The number of guanidine groups is 1. The van der Waals surface area contributed by atoms with Crippen molar-refractivity contribution in [2.75, 3.05) is 19.3 Å². The Kier molecular flexibility index (Phi) is 4.47. The molecule has 2 aliphatic rings. The fourth-order valence-corrected chi connectivity index (χ4v) is 5.13. The van der Waals surface area contributed by atoms with Crippen LogP contribution < -0.4 is 17.2 Å². The van der Waals surface area contributed by atoms with E-state index in [4.69, 9.17) is 17.2 Å². The summed E-state index contributed by atoms with van der Waals surface area (Å²) in [5.74, 6) is 0.741. The molecule has 1 saturated carbocycles. The van der Waals surface area contributed by atoms with Crippen LogP contribution in [0.3, 0.4) is 0 Å². The van der Waals surface area contributed by atoms with Crippen LogP contribution in [0.2, 0.25) is 0 Å². The highest BCUT2D eigenvalue weighted by Gasteiger charge is 2.48. The highest BCUT2D eigenvalue weighted by molar-refractivity contribution is 5.82. The fraction of sp³-hybridized carbons (Fsp3) is 0.632. The third kappa shape index (κ3) is 2.75. The van der Waals surface area contributed by atoms with E-state index in [0.29, 0.717) is 23.3 Å². The predicted molar refractivity (Wildman–Crippen MR) is 101 cm³/mol. The van der Waals surface area contributed by atoms with Crippen LogP contribution in [0.15, 0.2) is 17.1 Å². The third-order valence-electron chi connectivity index (χ3n) is 6.45. The first kappa shape index (κ1) is 17.1. The van der Waals surface area contributed by atoms with Crippen LogP contribution in [0.4, 0.5) is 11.4 Å². The number of hydrogen-bond acceptors (Lipinski definition) is 3. The maximum atomic E-state index is 6.16. The van der Waals surface area contributed by atoms with Gasteiger partial charge < -0.3 is 22.1 Å². The van der Waals surface area contributed by atoms with Crippen molar-refractivity contribution in [1.82, 2.24) is 4.90 Å². The average Bonchev–Trinajstić information content (AvgIpc) is 2.53. The molecule has 1 aromatic rings. The standard InChI is InChI=1S/C19H31N5/c1-12-10-16(20)17(23-18(21)22)11-15(12)19-7-5-4-6-14(19)13(2)24(3)9-8-19/h10-11,13-14H,4-9,20H2,1-3H3,(H4,21,22,23). The van der Waals surface area contributed by atoms with Gasteiger partial charge in [-0.3, -0.25) is 0 Å². The van der Waals surface area contributed by atoms with Crippen molar-refractivity contribution < 1.29 is 0 Å². The number of fused-ring (bicyclic) bond motifs is 1. The number of anilines is 1. The molecule has 0 spiro atoms. The molecule has 3 unspecified atom stereocenters. The predicted octanol–water partition coefficient (Wildman–Crippen LogP) is 2.63. The maximum Gasteiger partial charge on any atom is 0.191 e. The van der Waals surface area contributed by atoms with Gasteiger partial charge in [0.25, 0.3) is 0 Å². The summed E-state index contributed by atoms with van der Waals surface area (Å²) >= 11 is 0. The lowest BCUT2D eigenvalue weighted by Gasteiger charge is -2.54. The number of aliphatic imine (C=N–C) groups is 1. The van der Waals surface area contributed by atoms with Crippen molar-refractivity contribution in [3.63, 3.8) is 0 Å². The van der Waals surface area contributed by atoms with Crippen molar-refractivity contribution in [1.29, 1.82) is 0 Å². The van der Waals surface area contributed by atoms with E-state index in [-0.39, 0.29) is 11.4 Å². The van der Waals surface area contributed by atoms with Crippen LogP contribution in [0.25, 0.3) is 0 Å². The molecule has 1 aliphatic carbocycles. The average molecular weight is 329 g/mol. The zero-order valence-corrected chi connectivity index (χ0v) is 15.2. The Bertz CT molecular complexity index is 649. The molecule has 3 atom stereocenters. The van der Waals surface area contributed by atoms with Gasteiger partial charge in [-0.25, -0.2) is 4.99 Å². The fourth-order valence-electron chi connectivity index (χ4n) is 5.13. The van der Waals surface area contributed by atoms with E-state index in [1.54, 1.807) is 0 Å². The zero-order valence-electron chi connectivity index (χ0n) is 15.2. The topological polar surface area (TPSA) is 93.7 Å². The molecule has 24 heavy (non-hydrogen) atoms. The molecule has 5 heteroatoms. The minimum absolute atomic E-state index is 0.0611. The first-order chi connectivity index (χ1) is 11.3. The molecule has 1 aliphatic heterocycles. The number of piperidine rings is 1. The van der Waals surface area contributed by atoms with E-state index in [9.17, 15) is 0 Å². The molecule has 0 amide bonds. The smallest absolute Gasteiger partial charge is 0.191 e. The first-order valence-electron chi connectivity index (χ1n) is 9.05. The highest BCUT2D eigenvalue weighted by Crippen LogP contribution is 2.52. The molecule has 1 heterocycles. The Labute approximate surface area is 145 Å². The molecule has 5 nitrogen and oxygen atoms in total. The Morgan fingerprint density at radius 2 is 2.00 bits per heavy atom. The summed E-state index contributed by atoms with van der Waals surface area (Å²) in [6.45, 7) is 5.70. The van der Waals surface area contributed by atoms with Crippen LogP contribution in [-0.2, 0) is 5.41 Å². The molecule has 1 saturated heterocycles. The molecule has 3 rings (SSSR count). The van der Waals surface area contributed by atoms with E-state index >= 15 is 0 Å². The second-order valence-electron chi connectivity index (χ2n) is 7.74. The van der Waals surface area contributed by atoms with Crippen LogP contribution in [0.5, 0.6) is 0 Å². The monoisotopic (exact) mass is 329 g/mol. The second kappa shape index (κ2) is 6.28. The summed E-state index contributed by atoms with van der Waals surface area (Å²) in [5, 5.41) is 0. The highest BCUT2D eigenvalue weighted by atomic mass is 15.1. The van der Waals surface area contributed by atoms with Gasteiger partial charge >= 0.3 is 0 Å². The second-order valence-corrected chi connectivity index (χ2v) is 7.74. The van der Waals surface area contributed by atoms with Crippen molar-refractivity contribution in [3.8, 4) is 0 Å². The van der Waals surface area contributed by atoms with Crippen LogP contribution >= 0.6 is 0 Å². The molecule has 132 valence electrons. The van der Waals surface area contributed by atoms with Crippen molar-refractivity contribution >= 4 is 17.3 Å². The number of aryl methyl sites for hydroxylation is 1. The Morgan fingerprint density at radius 3 is 2.71 bits per heavy atom. The third-order valence-corrected chi connectivity index (χ3v) is 6.45. The number of nitrogen functional groups attached to an aromatic ring is 1. The van der Waals surface area contributed by atoms with Gasteiger partial charge in [0.05, 0.1) is 11.4 Å². The summed E-state index contributed by atoms with van der Waals surface area (Å²) in [6.07, 6.45) is 6.38. The zero-order chi connectivity index (χ0) is 17.5. The summed E-state index contributed by atoms with van der Waals surface area (Å²) in [6, 6.07) is 4.80. The summed E-state index contributed by atoms with van der Waals surface area (Å²) < 4.78 is 0. The SMILES string of the molecule is Cc1cc(N)c(N=C(N)N)cc1C12CCCCC1C(C)N(C)CC2. The largest absolute Gasteiger partial charge is 0.397 e. The molecular formula is C19H31N5. The normalized spacial score (nSPS) is 30.6. The Hall–Kier alpha value is -1.75. The van der Waals surface area contributed by atoms with Gasteiger partial charge in [-0.1, -0.05) is 12.8 Å². The van der Waals surface area contributed by atoms with E-state index in [2.05, 4.69) is 36.9 Å². The summed E-state index contributed by atoms with van der Waals surface area (Å²) in [7, 11) is 2.25. The van der Waals surface area contributed by atoms with Gasteiger partial charge in [-0.2, -0.15) is 0 Å². The van der Waals surface area contributed by atoms with Gasteiger partial charge in [-0.05, 0) is 75.9 Å². The molecule has 0 bridgehead atoms. The summed E-state index contributed by atoms with van der Waals surface area (Å²) in [5.41, 5.74) is 21.6. The first-order valence-corrected chi connectivity index (χ1v) is 9.05. The Balaban J connectivity index is 2.13. The lowest BCUT2D eigenvalue weighted by atomic mass is 9.56. The number of benzene rings is 1. The molecule has 2 fully saturated rings. The van der Waals surface area contributed by atoms with Crippen molar-refractivity contribution in [2.45, 2.75) is 57.4 Å². The summed E-state index contributed by atoms with van der Waals surface area (Å²) in [4.78, 5) is 6.77. The lowest BCUT2D eigenvalue weighted by molar-refractivity contribution is 0.0226. The molecule has 0 radical (unpaired) electrons. The van der Waals surface area contributed by atoms with Gasteiger partial charge in [0.2, 0.25) is 0 Å². The van der Waals surface area contributed by atoms with E-state index in [0.717, 1.165) is 6.54 Å². The number of nitrogens with two attached hydrogens (primary N) is 3. The minimum atomic E-state index is 0.0611. The van der Waals surface area contributed by atoms with Gasteiger partial charge in [-0.15, -0.1) is 0 Å². The minimum Gasteiger partial charge on any atom is -0.397 e. The van der Waals surface area contributed by atoms with Gasteiger partial charge in [0, 0.05) is 11.5 Å². The van der Waals surface area contributed by atoms with Crippen molar-refractivity contribution in [2.24, 2.45) is 22.4 Å².